The molecule has 1 aromatic rings. The number of nitrogens with one attached hydrogen (secondary N) is 1. The standard InChI is InChI=1S/C13H22N4S/c1-18-13-6-12(16-9-17-13)15-8-11-5-3-2-4-10(11)7-14/h6,9-11H,2-5,7-8,14H2,1H3,(H,15,16,17). The Morgan fingerprint density at radius 1 is 1.33 bits per heavy atom. The Labute approximate surface area is 113 Å². The van der Waals surface area contributed by atoms with E-state index in [1.807, 2.05) is 12.3 Å². The van der Waals surface area contributed by atoms with Crippen molar-refractivity contribution in [2.75, 3.05) is 24.7 Å². The maximum Gasteiger partial charge on any atom is 0.130 e. The number of anilines is 1. The summed E-state index contributed by atoms with van der Waals surface area (Å²) in [6, 6.07) is 2.00. The van der Waals surface area contributed by atoms with Gasteiger partial charge in [0.15, 0.2) is 0 Å². The first-order valence-electron chi connectivity index (χ1n) is 6.63. The molecule has 100 valence electrons. The fraction of sp³-hybridized carbons (Fsp3) is 0.692. The second-order valence-corrected chi connectivity index (χ2v) is 5.69. The summed E-state index contributed by atoms with van der Waals surface area (Å²) in [6.45, 7) is 1.79. The lowest BCUT2D eigenvalue weighted by Crippen LogP contribution is -2.31. The van der Waals surface area contributed by atoms with Crippen molar-refractivity contribution in [2.45, 2.75) is 30.7 Å². The molecule has 0 spiro atoms. The van der Waals surface area contributed by atoms with Gasteiger partial charge in [-0.05, 0) is 37.5 Å². The number of nitrogens with zero attached hydrogens (tertiary/aromatic N) is 2. The lowest BCUT2D eigenvalue weighted by atomic mass is 9.79. The molecular weight excluding hydrogens is 244 g/mol. The molecule has 2 atom stereocenters. The van der Waals surface area contributed by atoms with E-state index in [2.05, 4.69) is 15.3 Å². The highest BCUT2D eigenvalue weighted by Crippen LogP contribution is 2.29. The number of thioether (sulfide) groups is 1. The average molecular weight is 266 g/mol. The van der Waals surface area contributed by atoms with Gasteiger partial charge in [0.1, 0.15) is 17.2 Å². The first-order chi connectivity index (χ1) is 8.83. The van der Waals surface area contributed by atoms with Crippen molar-refractivity contribution in [1.29, 1.82) is 0 Å². The SMILES string of the molecule is CSc1cc(NCC2CCCCC2CN)ncn1. The molecule has 1 aliphatic carbocycles. The van der Waals surface area contributed by atoms with E-state index in [-0.39, 0.29) is 0 Å². The summed E-state index contributed by atoms with van der Waals surface area (Å²) in [5.41, 5.74) is 5.85. The summed E-state index contributed by atoms with van der Waals surface area (Å²) >= 11 is 1.64. The maximum atomic E-state index is 5.85. The monoisotopic (exact) mass is 266 g/mol. The van der Waals surface area contributed by atoms with Crippen molar-refractivity contribution >= 4 is 17.6 Å². The van der Waals surface area contributed by atoms with Gasteiger partial charge in [-0.15, -0.1) is 11.8 Å². The van der Waals surface area contributed by atoms with E-state index >= 15 is 0 Å². The second kappa shape index (κ2) is 6.95. The van der Waals surface area contributed by atoms with Crippen LogP contribution in [0.5, 0.6) is 0 Å². The largest absolute Gasteiger partial charge is 0.370 e. The molecule has 1 heterocycles. The molecule has 0 aromatic carbocycles. The molecule has 1 fully saturated rings. The fourth-order valence-electron chi connectivity index (χ4n) is 2.65. The summed E-state index contributed by atoms with van der Waals surface area (Å²) in [6.07, 6.45) is 8.89. The molecular formula is C13H22N4S. The van der Waals surface area contributed by atoms with E-state index in [0.29, 0.717) is 11.8 Å². The summed E-state index contributed by atoms with van der Waals surface area (Å²) in [4.78, 5) is 8.43. The first kappa shape index (κ1) is 13.6. The van der Waals surface area contributed by atoms with Gasteiger partial charge in [0, 0.05) is 12.6 Å². The number of hydrogen-bond acceptors (Lipinski definition) is 5. The van der Waals surface area contributed by atoms with Gasteiger partial charge in [-0.2, -0.15) is 0 Å². The Kier molecular flexibility index (Phi) is 5.26. The molecule has 3 N–H and O–H groups in total. The molecule has 4 nitrogen and oxygen atoms in total. The summed E-state index contributed by atoms with van der Waals surface area (Å²) < 4.78 is 0. The van der Waals surface area contributed by atoms with Gasteiger partial charge >= 0.3 is 0 Å². The Bertz CT molecular complexity index is 372. The van der Waals surface area contributed by atoms with Crippen LogP contribution in [0.4, 0.5) is 5.82 Å². The van der Waals surface area contributed by atoms with Crippen LogP contribution in [0.15, 0.2) is 17.4 Å². The quantitative estimate of drug-likeness (QED) is 0.633. The zero-order chi connectivity index (χ0) is 12.8. The number of aromatic nitrogens is 2. The summed E-state index contributed by atoms with van der Waals surface area (Å²) in [5.74, 6) is 2.29. The van der Waals surface area contributed by atoms with Gasteiger partial charge in [0.25, 0.3) is 0 Å². The molecule has 0 bridgehead atoms. The van der Waals surface area contributed by atoms with Gasteiger partial charge in [0.05, 0.1) is 0 Å². The molecule has 1 saturated carbocycles. The van der Waals surface area contributed by atoms with Gasteiger partial charge < -0.3 is 11.1 Å². The minimum atomic E-state index is 0.674. The maximum absolute atomic E-state index is 5.85. The third-order valence-corrected chi connectivity index (χ3v) is 4.41. The predicted octanol–water partition coefficient (Wildman–Crippen LogP) is 2.38. The zero-order valence-corrected chi connectivity index (χ0v) is 11.7. The molecule has 18 heavy (non-hydrogen) atoms. The van der Waals surface area contributed by atoms with E-state index < -0.39 is 0 Å². The van der Waals surface area contributed by atoms with Crippen LogP contribution < -0.4 is 11.1 Å². The molecule has 0 aliphatic heterocycles. The first-order valence-corrected chi connectivity index (χ1v) is 7.86. The zero-order valence-electron chi connectivity index (χ0n) is 10.9. The third-order valence-electron chi connectivity index (χ3n) is 3.77. The lowest BCUT2D eigenvalue weighted by Gasteiger charge is -2.30. The topological polar surface area (TPSA) is 63.8 Å². The highest BCUT2D eigenvalue weighted by atomic mass is 32.2. The van der Waals surface area contributed by atoms with Crippen LogP contribution in [0, 0.1) is 11.8 Å². The summed E-state index contributed by atoms with van der Waals surface area (Å²) in [7, 11) is 0. The van der Waals surface area contributed by atoms with Crippen LogP contribution in [0.2, 0.25) is 0 Å². The molecule has 2 unspecified atom stereocenters. The van der Waals surface area contributed by atoms with Crippen molar-refractivity contribution in [3.8, 4) is 0 Å². The fourth-order valence-corrected chi connectivity index (χ4v) is 3.03. The molecule has 5 heteroatoms. The summed E-state index contributed by atoms with van der Waals surface area (Å²) in [5, 5.41) is 4.44. The highest BCUT2D eigenvalue weighted by Gasteiger charge is 2.23. The minimum absolute atomic E-state index is 0.674. The van der Waals surface area contributed by atoms with Gasteiger partial charge in [-0.25, -0.2) is 9.97 Å². The average Bonchev–Trinajstić information content (AvgIpc) is 2.45. The lowest BCUT2D eigenvalue weighted by molar-refractivity contribution is 0.255. The molecule has 1 aliphatic rings. The molecule has 0 amide bonds. The Morgan fingerprint density at radius 2 is 2.11 bits per heavy atom. The van der Waals surface area contributed by atoms with Crippen molar-refractivity contribution in [1.82, 2.24) is 9.97 Å². The Morgan fingerprint density at radius 3 is 2.83 bits per heavy atom. The number of hydrogen-bond donors (Lipinski definition) is 2. The van der Waals surface area contributed by atoms with Crippen LogP contribution >= 0.6 is 11.8 Å². The molecule has 1 aromatic heterocycles. The van der Waals surface area contributed by atoms with E-state index in [0.717, 1.165) is 23.9 Å². The van der Waals surface area contributed by atoms with E-state index in [4.69, 9.17) is 5.73 Å². The predicted molar refractivity (Wildman–Crippen MR) is 76.8 cm³/mol. The number of rotatable bonds is 5. The molecule has 0 saturated heterocycles. The van der Waals surface area contributed by atoms with Crippen LogP contribution in [-0.4, -0.2) is 29.3 Å². The van der Waals surface area contributed by atoms with Gasteiger partial charge in [-0.1, -0.05) is 12.8 Å². The van der Waals surface area contributed by atoms with E-state index in [1.54, 1.807) is 18.1 Å². The smallest absolute Gasteiger partial charge is 0.130 e. The van der Waals surface area contributed by atoms with Crippen LogP contribution in [-0.2, 0) is 0 Å². The van der Waals surface area contributed by atoms with Crippen molar-refractivity contribution in [2.24, 2.45) is 17.6 Å². The van der Waals surface area contributed by atoms with E-state index in [9.17, 15) is 0 Å². The van der Waals surface area contributed by atoms with Gasteiger partial charge in [-0.3, -0.25) is 0 Å². The van der Waals surface area contributed by atoms with Crippen LogP contribution in [0.1, 0.15) is 25.7 Å². The normalized spacial score (nSPS) is 23.9. The van der Waals surface area contributed by atoms with Crippen molar-refractivity contribution in [3.05, 3.63) is 12.4 Å². The van der Waals surface area contributed by atoms with Crippen molar-refractivity contribution in [3.63, 3.8) is 0 Å². The Hall–Kier alpha value is -0.810. The molecule has 2 rings (SSSR count). The van der Waals surface area contributed by atoms with Gasteiger partial charge in [0.2, 0.25) is 0 Å². The van der Waals surface area contributed by atoms with Crippen LogP contribution in [0.3, 0.4) is 0 Å². The Balaban J connectivity index is 1.89. The van der Waals surface area contributed by atoms with Crippen LogP contribution in [0.25, 0.3) is 0 Å². The molecule has 0 radical (unpaired) electrons. The van der Waals surface area contributed by atoms with Crippen molar-refractivity contribution < 1.29 is 0 Å². The minimum Gasteiger partial charge on any atom is -0.370 e. The number of nitrogens with two attached hydrogens (primary N) is 1. The third kappa shape index (κ3) is 3.59. The van der Waals surface area contributed by atoms with E-state index in [1.165, 1.54) is 25.7 Å². The second-order valence-electron chi connectivity index (χ2n) is 4.87. The highest BCUT2D eigenvalue weighted by molar-refractivity contribution is 7.98.